The van der Waals surface area contributed by atoms with Crippen LogP contribution in [0.3, 0.4) is 0 Å². The number of rotatable bonds is 6. The Balaban J connectivity index is 2.07. The Kier molecular flexibility index (Phi) is 5.02. The molecule has 0 heterocycles. The summed E-state index contributed by atoms with van der Waals surface area (Å²) in [6.07, 6.45) is 1.88. The lowest BCUT2D eigenvalue weighted by molar-refractivity contribution is 0.379. The fourth-order valence-corrected chi connectivity index (χ4v) is 1.97. The highest BCUT2D eigenvalue weighted by atomic mass is 16.5. The maximum Gasteiger partial charge on any atom is 0.169 e. The summed E-state index contributed by atoms with van der Waals surface area (Å²) < 4.78 is 11.1. The van der Waals surface area contributed by atoms with E-state index in [4.69, 9.17) is 15.2 Å². The lowest BCUT2D eigenvalue weighted by Gasteiger charge is -2.11. The van der Waals surface area contributed by atoms with Crippen molar-refractivity contribution in [3.8, 4) is 17.2 Å². The maximum atomic E-state index is 5.96. The van der Waals surface area contributed by atoms with Gasteiger partial charge in [0.1, 0.15) is 5.75 Å². The molecule has 0 fully saturated rings. The molecule has 0 aliphatic heterocycles. The van der Waals surface area contributed by atoms with Crippen molar-refractivity contribution in [3.05, 3.63) is 54.1 Å². The van der Waals surface area contributed by atoms with Crippen LogP contribution in [-0.4, -0.2) is 13.2 Å². The van der Waals surface area contributed by atoms with E-state index in [1.807, 2.05) is 36.4 Å². The quantitative estimate of drug-likeness (QED) is 0.869. The third-order valence-corrected chi connectivity index (χ3v) is 3.24. The zero-order valence-electron chi connectivity index (χ0n) is 12.0. The van der Waals surface area contributed by atoms with Crippen LogP contribution in [0.4, 0.5) is 0 Å². The van der Waals surface area contributed by atoms with Gasteiger partial charge in [-0.15, -0.1) is 0 Å². The molecule has 2 aromatic rings. The van der Waals surface area contributed by atoms with E-state index in [9.17, 15) is 0 Å². The van der Waals surface area contributed by atoms with Crippen LogP contribution in [-0.2, 0) is 6.42 Å². The molecule has 20 heavy (non-hydrogen) atoms. The molecule has 2 N–H and O–H groups in total. The van der Waals surface area contributed by atoms with E-state index >= 15 is 0 Å². The Morgan fingerprint density at radius 3 is 2.25 bits per heavy atom. The highest BCUT2D eigenvalue weighted by Gasteiger charge is 2.05. The second-order valence-electron chi connectivity index (χ2n) is 4.77. The van der Waals surface area contributed by atoms with E-state index in [2.05, 4.69) is 19.1 Å². The number of hydrogen-bond acceptors (Lipinski definition) is 3. The van der Waals surface area contributed by atoms with Gasteiger partial charge in [0.25, 0.3) is 0 Å². The van der Waals surface area contributed by atoms with Crippen molar-refractivity contribution in [2.45, 2.75) is 25.8 Å². The second-order valence-corrected chi connectivity index (χ2v) is 4.77. The first-order valence-corrected chi connectivity index (χ1v) is 6.88. The fraction of sp³-hybridized carbons (Fsp3) is 0.294. The molecule has 2 aromatic carbocycles. The lowest BCUT2D eigenvalue weighted by atomic mass is 10.0. The van der Waals surface area contributed by atoms with Gasteiger partial charge in [-0.3, -0.25) is 0 Å². The van der Waals surface area contributed by atoms with Crippen molar-refractivity contribution >= 4 is 0 Å². The zero-order chi connectivity index (χ0) is 14.4. The Hall–Kier alpha value is -2.00. The molecule has 1 atom stereocenters. The smallest absolute Gasteiger partial charge is 0.169 e. The normalized spacial score (nSPS) is 11.9. The minimum absolute atomic E-state index is 0.219. The minimum atomic E-state index is 0.219. The lowest BCUT2D eigenvalue weighted by Crippen LogP contribution is -2.21. The first-order chi connectivity index (χ1) is 9.72. The molecule has 3 nitrogen and oxygen atoms in total. The Morgan fingerprint density at radius 2 is 1.65 bits per heavy atom. The summed E-state index contributed by atoms with van der Waals surface area (Å²) in [6, 6.07) is 15.9. The standard InChI is InChI=1S/C17H21NO2/c1-3-14(18)12-13-8-10-15(11-9-13)20-17-7-5-4-6-16(17)19-2/h4-11,14H,3,12,18H2,1-2H3. The van der Waals surface area contributed by atoms with E-state index in [-0.39, 0.29) is 6.04 Å². The zero-order valence-corrected chi connectivity index (χ0v) is 12.0. The average Bonchev–Trinajstić information content (AvgIpc) is 2.49. The van der Waals surface area contributed by atoms with Gasteiger partial charge in [-0.25, -0.2) is 0 Å². The average molecular weight is 271 g/mol. The summed E-state index contributed by atoms with van der Waals surface area (Å²) in [4.78, 5) is 0. The molecule has 0 aliphatic rings. The summed E-state index contributed by atoms with van der Waals surface area (Å²) >= 11 is 0. The van der Waals surface area contributed by atoms with Crippen LogP contribution in [0.25, 0.3) is 0 Å². The predicted octanol–water partition coefficient (Wildman–Crippen LogP) is 3.77. The second kappa shape index (κ2) is 6.96. The van der Waals surface area contributed by atoms with Gasteiger partial charge < -0.3 is 15.2 Å². The Bertz CT molecular complexity index is 537. The van der Waals surface area contributed by atoms with Crippen LogP contribution in [0.2, 0.25) is 0 Å². The summed E-state index contributed by atoms with van der Waals surface area (Å²) in [5.74, 6) is 2.24. The van der Waals surface area contributed by atoms with Gasteiger partial charge in [-0.2, -0.15) is 0 Å². The minimum Gasteiger partial charge on any atom is -0.493 e. The number of para-hydroxylation sites is 2. The number of methoxy groups -OCH3 is 1. The molecule has 0 spiro atoms. The molecule has 0 saturated heterocycles. The van der Waals surface area contributed by atoms with E-state index in [0.717, 1.165) is 24.3 Å². The molecular formula is C17H21NO2. The fourth-order valence-electron chi connectivity index (χ4n) is 1.97. The van der Waals surface area contributed by atoms with Crippen molar-refractivity contribution < 1.29 is 9.47 Å². The van der Waals surface area contributed by atoms with Gasteiger partial charge in [0, 0.05) is 6.04 Å². The van der Waals surface area contributed by atoms with Gasteiger partial charge in [0.15, 0.2) is 11.5 Å². The molecule has 0 amide bonds. The van der Waals surface area contributed by atoms with E-state index in [1.165, 1.54) is 5.56 Å². The van der Waals surface area contributed by atoms with Crippen LogP contribution < -0.4 is 15.2 Å². The van der Waals surface area contributed by atoms with Gasteiger partial charge in [-0.1, -0.05) is 31.2 Å². The highest BCUT2D eigenvalue weighted by Crippen LogP contribution is 2.30. The van der Waals surface area contributed by atoms with Crippen molar-refractivity contribution in [1.29, 1.82) is 0 Å². The summed E-state index contributed by atoms with van der Waals surface area (Å²) in [5, 5.41) is 0. The molecule has 0 saturated carbocycles. The Morgan fingerprint density at radius 1 is 1.00 bits per heavy atom. The van der Waals surface area contributed by atoms with E-state index < -0.39 is 0 Å². The molecule has 1 unspecified atom stereocenters. The first-order valence-electron chi connectivity index (χ1n) is 6.88. The maximum absolute atomic E-state index is 5.96. The van der Waals surface area contributed by atoms with Crippen LogP contribution in [0.5, 0.6) is 17.2 Å². The summed E-state index contributed by atoms with van der Waals surface area (Å²) in [5.41, 5.74) is 7.19. The molecule has 2 rings (SSSR count). The monoisotopic (exact) mass is 271 g/mol. The first kappa shape index (κ1) is 14.4. The largest absolute Gasteiger partial charge is 0.493 e. The number of ether oxygens (including phenoxy) is 2. The van der Waals surface area contributed by atoms with E-state index in [0.29, 0.717) is 5.75 Å². The van der Waals surface area contributed by atoms with Crippen molar-refractivity contribution in [1.82, 2.24) is 0 Å². The summed E-state index contributed by atoms with van der Waals surface area (Å²) in [7, 11) is 1.64. The van der Waals surface area contributed by atoms with Gasteiger partial charge in [0.2, 0.25) is 0 Å². The van der Waals surface area contributed by atoms with Crippen molar-refractivity contribution in [2.24, 2.45) is 5.73 Å². The SMILES string of the molecule is CCC(N)Cc1ccc(Oc2ccccc2OC)cc1. The van der Waals surface area contributed by atoms with Crippen LogP contribution >= 0.6 is 0 Å². The molecule has 0 aliphatic carbocycles. The van der Waals surface area contributed by atoms with Crippen molar-refractivity contribution in [3.63, 3.8) is 0 Å². The third kappa shape index (κ3) is 3.75. The van der Waals surface area contributed by atoms with Gasteiger partial charge in [-0.05, 0) is 42.7 Å². The van der Waals surface area contributed by atoms with Crippen LogP contribution in [0.1, 0.15) is 18.9 Å². The number of nitrogens with two attached hydrogens (primary N) is 1. The number of hydrogen-bond donors (Lipinski definition) is 1. The summed E-state index contributed by atoms with van der Waals surface area (Å²) in [6.45, 7) is 2.10. The van der Waals surface area contributed by atoms with E-state index in [1.54, 1.807) is 7.11 Å². The van der Waals surface area contributed by atoms with Crippen LogP contribution in [0, 0.1) is 0 Å². The van der Waals surface area contributed by atoms with Gasteiger partial charge >= 0.3 is 0 Å². The molecule has 106 valence electrons. The molecule has 0 aromatic heterocycles. The number of benzene rings is 2. The molecule has 0 bridgehead atoms. The topological polar surface area (TPSA) is 44.5 Å². The molecular weight excluding hydrogens is 250 g/mol. The van der Waals surface area contributed by atoms with Crippen LogP contribution in [0.15, 0.2) is 48.5 Å². The van der Waals surface area contributed by atoms with Crippen molar-refractivity contribution in [2.75, 3.05) is 7.11 Å². The third-order valence-electron chi connectivity index (χ3n) is 3.24. The molecule has 0 radical (unpaired) electrons. The Labute approximate surface area is 120 Å². The van der Waals surface area contributed by atoms with Gasteiger partial charge in [0.05, 0.1) is 7.11 Å². The predicted molar refractivity (Wildman–Crippen MR) is 81.5 cm³/mol. The highest BCUT2D eigenvalue weighted by molar-refractivity contribution is 5.43. The molecule has 3 heteroatoms.